The number of ether oxygens (including phenoxy) is 1. The van der Waals surface area contributed by atoms with Crippen LogP contribution >= 0.6 is 22.7 Å². The first-order valence-corrected chi connectivity index (χ1v) is 12.1. The lowest BCUT2D eigenvalue weighted by molar-refractivity contribution is -0.117. The molecule has 6 nitrogen and oxygen atoms in total. The van der Waals surface area contributed by atoms with Gasteiger partial charge in [-0.05, 0) is 47.2 Å². The number of amides is 1. The number of carbonyl (C=O) groups is 2. The van der Waals surface area contributed by atoms with Gasteiger partial charge in [-0.3, -0.25) is 14.5 Å². The Morgan fingerprint density at radius 3 is 2.64 bits per heavy atom. The molecule has 33 heavy (non-hydrogen) atoms. The number of anilines is 1. The van der Waals surface area contributed by atoms with Crippen LogP contribution in [0.3, 0.4) is 0 Å². The largest absolute Gasteiger partial charge is 0.503 e. The van der Waals surface area contributed by atoms with E-state index in [1.807, 2.05) is 36.4 Å². The molecule has 166 valence electrons. The van der Waals surface area contributed by atoms with Crippen molar-refractivity contribution < 1.29 is 19.4 Å². The summed E-state index contributed by atoms with van der Waals surface area (Å²) in [6.45, 7) is 2.06. The van der Waals surface area contributed by atoms with E-state index >= 15 is 0 Å². The summed E-state index contributed by atoms with van der Waals surface area (Å²) in [5.41, 5.74) is 2.66. The van der Waals surface area contributed by atoms with Crippen molar-refractivity contribution in [3.05, 3.63) is 87.3 Å². The standard InChI is InChI=1S/C25H20N2O4S2/c1-3-14-6-8-15(9-7-14)21-20(22(28)18-5-4-12-32-18)23(29)24(30)27(21)25-26-17-11-10-16(31-2)13-19(17)33-25/h4-13,21,29H,3H2,1-2H3. The summed E-state index contributed by atoms with van der Waals surface area (Å²) in [4.78, 5) is 33.2. The number of hydrogen-bond donors (Lipinski definition) is 1. The van der Waals surface area contributed by atoms with Crippen LogP contribution in [0.25, 0.3) is 10.2 Å². The van der Waals surface area contributed by atoms with E-state index in [-0.39, 0.29) is 11.4 Å². The minimum absolute atomic E-state index is 0.0727. The summed E-state index contributed by atoms with van der Waals surface area (Å²) in [5.74, 6) is -0.835. The zero-order valence-electron chi connectivity index (χ0n) is 17.9. The molecule has 0 spiro atoms. The number of aliphatic hydroxyl groups excluding tert-OH is 1. The molecule has 0 fully saturated rings. The normalized spacial score (nSPS) is 16.1. The van der Waals surface area contributed by atoms with Gasteiger partial charge in [0.1, 0.15) is 5.75 Å². The number of hydrogen-bond acceptors (Lipinski definition) is 7. The summed E-state index contributed by atoms with van der Waals surface area (Å²) < 4.78 is 6.15. The van der Waals surface area contributed by atoms with Crippen molar-refractivity contribution in [3.8, 4) is 5.75 Å². The van der Waals surface area contributed by atoms with E-state index in [1.54, 1.807) is 30.7 Å². The maximum atomic E-state index is 13.4. The Hall–Kier alpha value is -3.49. The van der Waals surface area contributed by atoms with E-state index in [2.05, 4.69) is 11.9 Å². The molecule has 2 aromatic carbocycles. The second kappa shape index (κ2) is 8.46. The number of methoxy groups -OCH3 is 1. The maximum Gasteiger partial charge on any atom is 0.296 e. The monoisotopic (exact) mass is 476 g/mol. The molecule has 0 saturated carbocycles. The molecule has 1 aliphatic rings. The van der Waals surface area contributed by atoms with Gasteiger partial charge < -0.3 is 9.84 Å². The summed E-state index contributed by atoms with van der Waals surface area (Å²) in [6, 6.07) is 15.9. The third-order valence-electron chi connectivity index (χ3n) is 5.69. The van der Waals surface area contributed by atoms with Crippen LogP contribution in [0.2, 0.25) is 0 Å². The molecule has 3 heterocycles. The number of aliphatic hydroxyl groups is 1. The van der Waals surface area contributed by atoms with E-state index in [0.717, 1.165) is 22.2 Å². The van der Waals surface area contributed by atoms with E-state index in [1.165, 1.54) is 27.6 Å². The fourth-order valence-electron chi connectivity index (χ4n) is 3.95. The second-order valence-corrected chi connectivity index (χ2v) is 9.53. The van der Waals surface area contributed by atoms with Crippen molar-refractivity contribution in [3.63, 3.8) is 0 Å². The molecule has 1 amide bonds. The quantitative estimate of drug-likeness (QED) is 0.361. The van der Waals surface area contributed by atoms with Gasteiger partial charge in [-0.15, -0.1) is 11.3 Å². The predicted octanol–water partition coefficient (Wildman–Crippen LogP) is 5.71. The van der Waals surface area contributed by atoms with Crippen LogP contribution in [0.4, 0.5) is 5.13 Å². The van der Waals surface area contributed by atoms with Gasteiger partial charge in [-0.2, -0.15) is 0 Å². The lowest BCUT2D eigenvalue weighted by atomic mass is 9.94. The molecule has 1 unspecified atom stereocenters. The molecule has 1 N–H and O–H groups in total. The molecule has 1 atom stereocenters. The van der Waals surface area contributed by atoms with Gasteiger partial charge in [0.05, 0.1) is 33.8 Å². The number of carbonyl (C=O) groups excluding carboxylic acids is 2. The highest BCUT2D eigenvalue weighted by molar-refractivity contribution is 7.22. The van der Waals surface area contributed by atoms with Crippen LogP contribution in [0.1, 0.15) is 33.8 Å². The number of nitrogens with zero attached hydrogens (tertiary/aromatic N) is 2. The van der Waals surface area contributed by atoms with Gasteiger partial charge in [0.15, 0.2) is 10.9 Å². The minimum atomic E-state index is -0.777. The highest BCUT2D eigenvalue weighted by atomic mass is 32.1. The zero-order chi connectivity index (χ0) is 23.1. The van der Waals surface area contributed by atoms with Crippen molar-refractivity contribution in [1.82, 2.24) is 4.98 Å². The predicted molar refractivity (Wildman–Crippen MR) is 131 cm³/mol. The van der Waals surface area contributed by atoms with Crippen LogP contribution in [0.15, 0.2) is 71.3 Å². The van der Waals surface area contributed by atoms with Crippen molar-refractivity contribution in [1.29, 1.82) is 0 Å². The van der Waals surface area contributed by atoms with Crippen molar-refractivity contribution in [2.24, 2.45) is 0 Å². The Labute approximate surface area is 198 Å². The zero-order valence-corrected chi connectivity index (χ0v) is 19.6. The number of fused-ring (bicyclic) bond motifs is 1. The molecule has 0 radical (unpaired) electrons. The first-order chi connectivity index (χ1) is 16.0. The van der Waals surface area contributed by atoms with Gasteiger partial charge in [0.25, 0.3) is 5.91 Å². The first-order valence-electron chi connectivity index (χ1n) is 10.4. The smallest absolute Gasteiger partial charge is 0.296 e. The molecule has 1 aliphatic heterocycles. The summed E-state index contributed by atoms with van der Waals surface area (Å²) in [7, 11) is 1.59. The molecule has 0 bridgehead atoms. The number of rotatable bonds is 6. The Kier molecular flexibility index (Phi) is 5.47. The number of benzene rings is 2. The van der Waals surface area contributed by atoms with Crippen molar-refractivity contribution in [2.75, 3.05) is 12.0 Å². The van der Waals surface area contributed by atoms with Crippen LogP contribution in [0.5, 0.6) is 5.75 Å². The van der Waals surface area contributed by atoms with E-state index in [4.69, 9.17) is 4.74 Å². The van der Waals surface area contributed by atoms with Crippen LogP contribution in [-0.2, 0) is 11.2 Å². The van der Waals surface area contributed by atoms with Gasteiger partial charge in [0.2, 0.25) is 5.78 Å². The van der Waals surface area contributed by atoms with E-state index in [9.17, 15) is 14.7 Å². The Morgan fingerprint density at radius 1 is 1.18 bits per heavy atom. The Bertz CT molecular complexity index is 1390. The molecular weight excluding hydrogens is 456 g/mol. The van der Waals surface area contributed by atoms with Crippen LogP contribution in [-0.4, -0.2) is 28.9 Å². The molecule has 5 rings (SSSR count). The Morgan fingerprint density at radius 2 is 1.97 bits per heavy atom. The minimum Gasteiger partial charge on any atom is -0.503 e. The lowest BCUT2D eigenvalue weighted by Crippen LogP contribution is -2.30. The summed E-state index contributed by atoms with van der Waals surface area (Å²) in [5, 5.41) is 13.1. The number of thiophene rings is 1. The highest BCUT2D eigenvalue weighted by Crippen LogP contribution is 2.44. The SMILES string of the molecule is CCc1ccc(C2C(C(=O)c3cccs3)=C(O)C(=O)N2c2nc3ccc(OC)cc3s2)cc1. The van der Waals surface area contributed by atoms with Gasteiger partial charge in [-0.1, -0.05) is 48.6 Å². The lowest BCUT2D eigenvalue weighted by Gasteiger charge is -2.24. The third-order valence-corrected chi connectivity index (χ3v) is 7.58. The molecule has 8 heteroatoms. The number of Topliss-reactive ketones (excluding diaryl/α,β-unsaturated/α-hetero) is 1. The number of aryl methyl sites for hydroxylation is 1. The van der Waals surface area contributed by atoms with Gasteiger partial charge >= 0.3 is 0 Å². The molecule has 0 aliphatic carbocycles. The average Bonchev–Trinajstić information content (AvgIpc) is 3.57. The third kappa shape index (κ3) is 3.61. The molecule has 0 saturated heterocycles. The topological polar surface area (TPSA) is 79.7 Å². The van der Waals surface area contributed by atoms with Crippen LogP contribution in [0, 0.1) is 0 Å². The fraction of sp³-hybridized carbons (Fsp3) is 0.160. The number of thiazole rings is 1. The first kappa shape index (κ1) is 21.4. The average molecular weight is 477 g/mol. The molecule has 4 aromatic rings. The Balaban J connectivity index is 1.66. The number of ketones is 1. The number of aromatic nitrogens is 1. The summed E-state index contributed by atoms with van der Waals surface area (Å²) >= 11 is 2.59. The maximum absolute atomic E-state index is 13.4. The fourth-order valence-corrected chi connectivity index (χ4v) is 5.65. The van der Waals surface area contributed by atoms with E-state index < -0.39 is 17.7 Å². The van der Waals surface area contributed by atoms with Crippen molar-refractivity contribution in [2.45, 2.75) is 19.4 Å². The molecular formula is C25H20N2O4S2. The second-order valence-electron chi connectivity index (χ2n) is 7.57. The van der Waals surface area contributed by atoms with Crippen LogP contribution < -0.4 is 9.64 Å². The highest BCUT2D eigenvalue weighted by Gasteiger charge is 2.46. The van der Waals surface area contributed by atoms with E-state index in [0.29, 0.717) is 21.3 Å². The summed E-state index contributed by atoms with van der Waals surface area (Å²) in [6.07, 6.45) is 0.870. The van der Waals surface area contributed by atoms with Gasteiger partial charge in [-0.25, -0.2) is 4.98 Å². The van der Waals surface area contributed by atoms with Gasteiger partial charge in [0, 0.05) is 0 Å². The van der Waals surface area contributed by atoms with Crippen molar-refractivity contribution >= 4 is 49.7 Å². The molecule has 2 aromatic heterocycles.